The van der Waals surface area contributed by atoms with Crippen LogP contribution in [-0.4, -0.2) is 19.1 Å². The molecular formula is C27H26F3NO4. The van der Waals surface area contributed by atoms with Gasteiger partial charge in [0.1, 0.15) is 5.75 Å². The van der Waals surface area contributed by atoms with Gasteiger partial charge in [0.05, 0.1) is 5.41 Å². The summed E-state index contributed by atoms with van der Waals surface area (Å²) in [5.41, 5.74) is 2.26. The fraction of sp³-hybridized carbons (Fsp3) is 0.296. The van der Waals surface area contributed by atoms with E-state index in [1.165, 1.54) is 18.2 Å². The van der Waals surface area contributed by atoms with Crippen LogP contribution in [0.3, 0.4) is 0 Å². The third-order valence-corrected chi connectivity index (χ3v) is 6.45. The van der Waals surface area contributed by atoms with Crippen molar-refractivity contribution in [3.63, 3.8) is 0 Å². The average molecular weight is 486 g/mol. The minimum absolute atomic E-state index is 0. The predicted molar refractivity (Wildman–Crippen MR) is 127 cm³/mol. The maximum atomic E-state index is 13.3. The van der Waals surface area contributed by atoms with E-state index in [1.54, 1.807) is 18.2 Å². The summed E-state index contributed by atoms with van der Waals surface area (Å²) < 4.78 is 54.6. The molecule has 0 aromatic heterocycles. The molecule has 0 bridgehead atoms. The molecular weight excluding hydrogens is 459 g/mol. The number of rotatable bonds is 6. The van der Waals surface area contributed by atoms with Gasteiger partial charge in [-0.1, -0.05) is 44.2 Å². The molecule has 1 N–H and O–H groups in total. The standard InChI is InChI=1S/C27H24F3NO4.H2/c1-16(2)19-5-3-4-6-20(19)21-14-18(8-10-22(21)35-27(28,29)30)31-25(32)26(11-12-26)17-7-9-23-24(13-17)34-15-33-23;/h3-10,13-14,16H,11-12,15H2,1-2H3,(H,31,32);1H. The fourth-order valence-corrected chi connectivity index (χ4v) is 4.49. The van der Waals surface area contributed by atoms with E-state index in [-0.39, 0.29) is 31.4 Å². The highest BCUT2D eigenvalue weighted by atomic mass is 19.4. The van der Waals surface area contributed by atoms with Crippen LogP contribution in [0.1, 0.15) is 45.2 Å². The molecule has 1 amide bonds. The van der Waals surface area contributed by atoms with Crippen LogP contribution in [0.4, 0.5) is 18.9 Å². The second-order valence-corrected chi connectivity index (χ2v) is 9.10. The van der Waals surface area contributed by atoms with Gasteiger partial charge < -0.3 is 19.5 Å². The van der Waals surface area contributed by atoms with Crippen LogP contribution in [0.25, 0.3) is 11.1 Å². The third kappa shape index (κ3) is 4.52. The summed E-state index contributed by atoms with van der Waals surface area (Å²) in [6.07, 6.45) is -3.52. The van der Waals surface area contributed by atoms with Gasteiger partial charge in [0.15, 0.2) is 11.5 Å². The number of halogens is 3. The Morgan fingerprint density at radius 1 is 1.00 bits per heavy atom. The first kappa shape index (κ1) is 23.1. The zero-order valence-electron chi connectivity index (χ0n) is 19.2. The number of carbonyl (C=O) groups is 1. The van der Waals surface area contributed by atoms with Crippen LogP contribution < -0.4 is 19.5 Å². The van der Waals surface area contributed by atoms with Crippen molar-refractivity contribution in [2.45, 2.75) is 44.4 Å². The summed E-state index contributed by atoms with van der Waals surface area (Å²) in [7, 11) is 0. The van der Waals surface area contributed by atoms with Crippen molar-refractivity contribution in [2.24, 2.45) is 0 Å². The highest BCUT2D eigenvalue weighted by molar-refractivity contribution is 6.02. The van der Waals surface area contributed by atoms with Gasteiger partial charge in [0, 0.05) is 12.7 Å². The molecule has 2 aliphatic rings. The van der Waals surface area contributed by atoms with Crippen LogP contribution in [0, 0.1) is 0 Å². The Morgan fingerprint density at radius 3 is 2.46 bits per heavy atom. The predicted octanol–water partition coefficient (Wildman–Crippen LogP) is 7.02. The number of hydrogen-bond donors (Lipinski definition) is 1. The maximum absolute atomic E-state index is 13.3. The number of ether oxygens (including phenoxy) is 3. The molecule has 5 nitrogen and oxygen atoms in total. The van der Waals surface area contributed by atoms with Crippen molar-refractivity contribution < 1.29 is 33.6 Å². The molecule has 8 heteroatoms. The molecule has 0 atom stereocenters. The lowest BCUT2D eigenvalue weighted by molar-refractivity contribution is -0.274. The summed E-state index contributed by atoms with van der Waals surface area (Å²) in [6, 6.07) is 16.9. The Hall–Kier alpha value is -3.68. The first-order valence-corrected chi connectivity index (χ1v) is 11.4. The monoisotopic (exact) mass is 485 g/mol. The number of hydrogen-bond acceptors (Lipinski definition) is 4. The minimum atomic E-state index is -4.84. The summed E-state index contributed by atoms with van der Waals surface area (Å²) in [5.74, 6) is 0.773. The van der Waals surface area contributed by atoms with E-state index in [0.29, 0.717) is 35.6 Å². The molecule has 0 unspecified atom stereocenters. The smallest absolute Gasteiger partial charge is 0.454 e. The second kappa shape index (κ2) is 8.52. The van der Waals surface area contributed by atoms with Gasteiger partial charge in [-0.25, -0.2) is 0 Å². The van der Waals surface area contributed by atoms with Gasteiger partial charge in [-0.3, -0.25) is 4.79 Å². The lowest BCUT2D eigenvalue weighted by Gasteiger charge is -2.20. The zero-order valence-corrected chi connectivity index (χ0v) is 19.2. The Labute approximate surface area is 202 Å². The summed E-state index contributed by atoms with van der Waals surface area (Å²) in [4.78, 5) is 13.3. The first-order valence-electron chi connectivity index (χ1n) is 11.4. The topological polar surface area (TPSA) is 56.8 Å². The lowest BCUT2D eigenvalue weighted by atomic mass is 9.91. The van der Waals surface area contributed by atoms with E-state index in [2.05, 4.69) is 10.1 Å². The fourth-order valence-electron chi connectivity index (χ4n) is 4.49. The number of fused-ring (bicyclic) bond motifs is 1. The van der Waals surface area contributed by atoms with E-state index in [4.69, 9.17) is 9.47 Å². The van der Waals surface area contributed by atoms with Gasteiger partial charge in [-0.05, 0) is 65.8 Å². The van der Waals surface area contributed by atoms with E-state index in [0.717, 1.165) is 11.1 Å². The summed E-state index contributed by atoms with van der Waals surface area (Å²) in [5, 5.41) is 2.91. The van der Waals surface area contributed by atoms with Gasteiger partial charge >= 0.3 is 6.36 Å². The van der Waals surface area contributed by atoms with E-state index in [9.17, 15) is 18.0 Å². The van der Waals surface area contributed by atoms with Crippen molar-refractivity contribution in [1.82, 2.24) is 0 Å². The number of amides is 1. The van der Waals surface area contributed by atoms with Gasteiger partial charge in [-0.2, -0.15) is 0 Å². The average Bonchev–Trinajstić information content (AvgIpc) is 3.50. The maximum Gasteiger partial charge on any atom is 0.573 e. The number of benzene rings is 3. The number of nitrogens with one attached hydrogen (secondary N) is 1. The Kier molecular flexibility index (Phi) is 5.62. The second-order valence-electron chi connectivity index (χ2n) is 9.10. The molecule has 3 aromatic carbocycles. The van der Waals surface area contributed by atoms with Crippen LogP contribution in [0.5, 0.6) is 17.2 Å². The minimum Gasteiger partial charge on any atom is -0.454 e. The molecule has 1 aliphatic carbocycles. The van der Waals surface area contributed by atoms with E-state index < -0.39 is 11.8 Å². The summed E-state index contributed by atoms with van der Waals surface area (Å²) in [6.45, 7) is 4.08. The number of anilines is 1. The molecule has 1 saturated carbocycles. The number of alkyl halides is 3. The van der Waals surface area contributed by atoms with Crippen LogP contribution >= 0.6 is 0 Å². The van der Waals surface area contributed by atoms with E-state index in [1.807, 2.05) is 38.1 Å². The van der Waals surface area contributed by atoms with Crippen molar-refractivity contribution in [1.29, 1.82) is 0 Å². The third-order valence-electron chi connectivity index (χ3n) is 6.45. The quantitative estimate of drug-likeness (QED) is 0.408. The molecule has 1 fully saturated rings. The van der Waals surface area contributed by atoms with Crippen LogP contribution in [-0.2, 0) is 10.2 Å². The SMILES string of the molecule is CC(C)c1ccccc1-c1cc(NC(=O)C2(c3ccc4c(c3)OCO4)CC2)ccc1OC(F)(F)F.[HH]. The Balaban J connectivity index is 0.00000304. The molecule has 3 aromatic rings. The highest BCUT2D eigenvalue weighted by Gasteiger charge is 2.51. The van der Waals surface area contributed by atoms with Crippen molar-refractivity contribution >= 4 is 11.6 Å². The normalized spacial score (nSPS) is 15.7. The van der Waals surface area contributed by atoms with Crippen molar-refractivity contribution in [3.8, 4) is 28.4 Å². The molecule has 35 heavy (non-hydrogen) atoms. The lowest BCUT2D eigenvalue weighted by Crippen LogP contribution is -2.27. The Bertz CT molecular complexity index is 1290. The van der Waals surface area contributed by atoms with Crippen molar-refractivity contribution in [3.05, 3.63) is 71.8 Å². The number of carbonyl (C=O) groups excluding carboxylic acids is 1. The van der Waals surface area contributed by atoms with Crippen LogP contribution in [0.15, 0.2) is 60.7 Å². The van der Waals surface area contributed by atoms with Gasteiger partial charge in [-0.15, -0.1) is 13.2 Å². The van der Waals surface area contributed by atoms with Crippen LogP contribution in [0.2, 0.25) is 0 Å². The van der Waals surface area contributed by atoms with Gasteiger partial charge in [0.25, 0.3) is 0 Å². The largest absolute Gasteiger partial charge is 0.573 e. The molecule has 0 saturated heterocycles. The molecule has 0 radical (unpaired) electrons. The summed E-state index contributed by atoms with van der Waals surface area (Å²) >= 11 is 0. The first-order chi connectivity index (χ1) is 16.7. The Morgan fingerprint density at radius 2 is 1.74 bits per heavy atom. The molecule has 184 valence electrons. The zero-order chi connectivity index (χ0) is 24.8. The molecule has 1 heterocycles. The highest BCUT2D eigenvalue weighted by Crippen LogP contribution is 2.51. The van der Waals surface area contributed by atoms with Crippen molar-refractivity contribution in [2.75, 3.05) is 12.1 Å². The molecule has 0 spiro atoms. The molecule has 5 rings (SSSR count). The van der Waals surface area contributed by atoms with E-state index >= 15 is 0 Å². The molecule has 1 aliphatic heterocycles. The van der Waals surface area contributed by atoms with Gasteiger partial charge in [0.2, 0.25) is 12.7 Å².